The number of esters is 1. The lowest BCUT2D eigenvalue weighted by molar-refractivity contribution is -0.385. The number of carbonyl (C=O) groups is 2. The predicted octanol–water partition coefficient (Wildman–Crippen LogP) is 3.85. The van der Waals surface area contributed by atoms with Crippen LogP contribution >= 0.6 is 0 Å². The molecule has 0 spiro atoms. The predicted molar refractivity (Wildman–Crippen MR) is 110 cm³/mol. The number of nitro groups is 1. The van der Waals surface area contributed by atoms with Gasteiger partial charge in [0.05, 0.1) is 10.5 Å². The molecule has 0 heterocycles. The summed E-state index contributed by atoms with van der Waals surface area (Å²) in [6.07, 6.45) is 2.25. The number of nitro benzene ring substituents is 1. The minimum atomic E-state index is -0.980. The number of benzene rings is 2. The van der Waals surface area contributed by atoms with E-state index in [0.29, 0.717) is 6.54 Å². The number of amides is 1. The largest absolute Gasteiger partial charge is 0.449 e. The average Bonchev–Trinajstić information content (AvgIpc) is 2.73. The van der Waals surface area contributed by atoms with Gasteiger partial charge in [-0.1, -0.05) is 49.4 Å². The van der Waals surface area contributed by atoms with Crippen molar-refractivity contribution in [3.05, 3.63) is 81.9 Å². The quantitative estimate of drug-likeness (QED) is 0.300. The fourth-order valence-corrected chi connectivity index (χ4v) is 2.81. The molecule has 0 aromatic heterocycles. The van der Waals surface area contributed by atoms with Crippen molar-refractivity contribution in [2.75, 3.05) is 6.54 Å². The van der Waals surface area contributed by atoms with Crippen molar-refractivity contribution in [1.29, 1.82) is 0 Å². The molecule has 0 radical (unpaired) electrons. The van der Waals surface area contributed by atoms with Gasteiger partial charge in [0.1, 0.15) is 0 Å². The zero-order valence-electron chi connectivity index (χ0n) is 16.4. The van der Waals surface area contributed by atoms with Crippen LogP contribution in [-0.2, 0) is 14.3 Å². The molecule has 2 atom stereocenters. The zero-order chi connectivity index (χ0) is 21.2. The molecule has 7 heteroatoms. The summed E-state index contributed by atoms with van der Waals surface area (Å²) >= 11 is 0. The molecule has 0 saturated heterocycles. The van der Waals surface area contributed by atoms with Crippen LogP contribution in [0.25, 0.3) is 6.08 Å². The minimum absolute atomic E-state index is 0.117. The molecule has 0 bridgehead atoms. The summed E-state index contributed by atoms with van der Waals surface area (Å²) in [5.74, 6) is -0.977. The maximum absolute atomic E-state index is 12.2. The fraction of sp³-hybridized carbons (Fsp3) is 0.273. The van der Waals surface area contributed by atoms with Gasteiger partial charge < -0.3 is 10.1 Å². The Morgan fingerprint density at radius 2 is 1.79 bits per heavy atom. The van der Waals surface area contributed by atoms with Crippen molar-refractivity contribution < 1.29 is 19.2 Å². The maximum Gasteiger partial charge on any atom is 0.331 e. The highest BCUT2D eigenvalue weighted by Gasteiger charge is 2.18. The summed E-state index contributed by atoms with van der Waals surface area (Å²) in [5, 5.41) is 13.8. The Morgan fingerprint density at radius 3 is 2.45 bits per heavy atom. The van der Waals surface area contributed by atoms with Crippen LogP contribution in [0.2, 0.25) is 0 Å². The molecule has 0 fully saturated rings. The normalized spacial score (nSPS) is 12.9. The highest BCUT2D eigenvalue weighted by atomic mass is 16.6. The Labute approximate surface area is 169 Å². The number of rotatable bonds is 9. The van der Waals surface area contributed by atoms with Crippen molar-refractivity contribution >= 4 is 23.6 Å². The first-order valence-corrected chi connectivity index (χ1v) is 9.37. The highest BCUT2D eigenvalue weighted by molar-refractivity contribution is 5.90. The Morgan fingerprint density at radius 1 is 1.14 bits per heavy atom. The molecule has 0 aliphatic heterocycles. The molecule has 7 nitrogen and oxygen atoms in total. The van der Waals surface area contributed by atoms with Crippen LogP contribution in [0.1, 0.15) is 37.3 Å². The number of carbonyl (C=O) groups excluding carboxylic acids is 2. The maximum atomic E-state index is 12.2. The van der Waals surface area contributed by atoms with Gasteiger partial charge in [0.2, 0.25) is 0 Å². The smallest absolute Gasteiger partial charge is 0.331 e. The van der Waals surface area contributed by atoms with Crippen LogP contribution in [0.3, 0.4) is 0 Å². The van der Waals surface area contributed by atoms with Crippen molar-refractivity contribution in [1.82, 2.24) is 5.32 Å². The summed E-state index contributed by atoms with van der Waals surface area (Å²) in [4.78, 5) is 34.7. The van der Waals surface area contributed by atoms with Crippen LogP contribution in [0.4, 0.5) is 5.69 Å². The van der Waals surface area contributed by atoms with E-state index in [1.54, 1.807) is 12.1 Å². The Kier molecular flexibility index (Phi) is 8.09. The zero-order valence-corrected chi connectivity index (χ0v) is 16.4. The highest BCUT2D eigenvalue weighted by Crippen LogP contribution is 2.19. The van der Waals surface area contributed by atoms with E-state index >= 15 is 0 Å². The minimum Gasteiger partial charge on any atom is -0.449 e. The molecular formula is C22H24N2O5. The van der Waals surface area contributed by atoms with Crippen molar-refractivity contribution in [3.63, 3.8) is 0 Å². The molecule has 1 N–H and O–H groups in total. The second kappa shape index (κ2) is 10.8. The van der Waals surface area contributed by atoms with Crippen LogP contribution in [0, 0.1) is 10.1 Å². The third-order valence-corrected chi connectivity index (χ3v) is 4.48. The fourth-order valence-electron chi connectivity index (χ4n) is 2.81. The molecule has 0 aliphatic carbocycles. The van der Waals surface area contributed by atoms with E-state index in [0.717, 1.165) is 18.1 Å². The van der Waals surface area contributed by atoms with E-state index in [2.05, 4.69) is 5.32 Å². The van der Waals surface area contributed by atoms with Gasteiger partial charge in [-0.05, 0) is 31.1 Å². The summed E-state index contributed by atoms with van der Waals surface area (Å²) in [6, 6.07) is 15.9. The van der Waals surface area contributed by atoms with Crippen molar-refractivity contribution in [2.45, 2.75) is 32.3 Å². The summed E-state index contributed by atoms with van der Waals surface area (Å²) in [5.41, 5.74) is 1.29. The van der Waals surface area contributed by atoms with Gasteiger partial charge in [-0.15, -0.1) is 0 Å². The van der Waals surface area contributed by atoms with E-state index in [1.807, 2.05) is 37.3 Å². The van der Waals surface area contributed by atoms with Gasteiger partial charge in [0.25, 0.3) is 11.6 Å². The van der Waals surface area contributed by atoms with Crippen LogP contribution in [0.15, 0.2) is 60.7 Å². The van der Waals surface area contributed by atoms with Crippen LogP contribution in [-0.4, -0.2) is 29.4 Å². The third kappa shape index (κ3) is 6.57. The molecule has 2 aromatic rings. The molecule has 2 rings (SSSR count). The summed E-state index contributed by atoms with van der Waals surface area (Å²) in [6.45, 7) is 3.96. The SMILES string of the molecule is CC[C@H](CNC(=O)[C@@H](C)OC(=O)/C=C/c1ccccc1[N+](=O)[O-])c1ccccc1. The Bertz CT molecular complexity index is 880. The molecule has 2 aromatic carbocycles. The number of nitrogens with one attached hydrogen (secondary N) is 1. The summed E-state index contributed by atoms with van der Waals surface area (Å²) < 4.78 is 5.10. The monoisotopic (exact) mass is 396 g/mol. The second-order valence-electron chi connectivity index (χ2n) is 6.49. The first kappa shape index (κ1) is 21.8. The lowest BCUT2D eigenvalue weighted by Crippen LogP contribution is -2.37. The van der Waals surface area contributed by atoms with Crippen LogP contribution in [0.5, 0.6) is 0 Å². The van der Waals surface area contributed by atoms with E-state index < -0.39 is 22.9 Å². The lowest BCUT2D eigenvalue weighted by Gasteiger charge is -2.18. The topological polar surface area (TPSA) is 98.5 Å². The molecule has 29 heavy (non-hydrogen) atoms. The first-order chi connectivity index (χ1) is 13.9. The number of hydrogen-bond donors (Lipinski definition) is 1. The van der Waals surface area contributed by atoms with Crippen LogP contribution < -0.4 is 5.32 Å². The number of hydrogen-bond acceptors (Lipinski definition) is 5. The van der Waals surface area contributed by atoms with Crippen molar-refractivity contribution in [3.8, 4) is 0 Å². The second-order valence-corrected chi connectivity index (χ2v) is 6.49. The standard InChI is InChI=1S/C22H24N2O5/c1-3-17(18-9-5-4-6-10-18)15-23-22(26)16(2)29-21(25)14-13-19-11-7-8-12-20(19)24(27)28/h4-14,16-17H,3,15H2,1-2H3,(H,23,26)/b14-13+/t16-,17-/m1/s1. The van der Waals surface area contributed by atoms with Gasteiger partial charge in [-0.25, -0.2) is 4.79 Å². The third-order valence-electron chi connectivity index (χ3n) is 4.48. The Hall–Kier alpha value is -3.48. The summed E-state index contributed by atoms with van der Waals surface area (Å²) in [7, 11) is 0. The molecular weight excluding hydrogens is 372 g/mol. The van der Waals surface area contributed by atoms with E-state index in [1.165, 1.54) is 25.1 Å². The molecule has 0 aliphatic rings. The molecule has 0 unspecified atom stereocenters. The number of nitrogens with zero attached hydrogens (tertiary/aromatic N) is 1. The number of para-hydroxylation sites is 1. The van der Waals surface area contributed by atoms with Gasteiger partial charge in [0, 0.05) is 24.6 Å². The van der Waals surface area contributed by atoms with E-state index in [-0.39, 0.29) is 17.2 Å². The molecule has 0 saturated carbocycles. The first-order valence-electron chi connectivity index (χ1n) is 9.37. The average molecular weight is 396 g/mol. The molecule has 1 amide bonds. The lowest BCUT2D eigenvalue weighted by atomic mass is 9.96. The van der Waals surface area contributed by atoms with E-state index in [9.17, 15) is 19.7 Å². The van der Waals surface area contributed by atoms with Gasteiger partial charge in [-0.2, -0.15) is 0 Å². The van der Waals surface area contributed by atoms with Gasteiger partial charge in [-0.3, -0.25) is 14.9 Å². The Balaban J connectivity index is 1.89. The van der Waals surface area contributed by atoms with Crippen molar-refractivity contribution in [2.24, 2.45) is 0 Å². The number of ether oxygens (including phenoxy) is 1. The van der Waals surface area contributed by atoms with E-state index in [4.69, 9.17) is 4.74 Å². The van der Waals surface area contributed by atoms with Gasteiger partial charge in [0.15, 0.2) is 6.10 Å². The molecule has 152 valence electrons. The van der Waals surface area contributed by atoms with Gasteiger partial charge >= 0.3 is 5.97 Å².